The Labute approximate surface area is 159 Å². The SMILES string of the molecule is N#C/C(=C\c1ccc(-c2ccc(Br)cc2)o1)C(=O)N[C@H]1CCS(=O)(=O)C1. The van der Waals surface area contributed by atoms with Crippen molar-refractivity contribution in [2.75, 3.05) is 11.5 Å². The fourth-order valence-corrected chi connectivity index (χ4v) is 4.60. The molecule has 1 amide bonds. The molecule has 1 N–H and O–H groups in total. The first-order chi connectivity index (χ1) is 12.4. The first kappa shape index (κ1) is 18.4. The van der Waals surface area contributed by atoms with Crippen LogP contribution in [0.2, 0.25) is 0 Å². The van der Waals surface area contributed by atoms with Crippen molar-refractivity contribution in [1.82, 2.24) is 5.32 Å². The minimum absolute atomic E-state index is 0.0539. The molecule has 0 aliphatic carbocycles. The van der Waals surface area contributed by atoms with E-state index in [-0.39, 0.29) is 17.1 Å². The van der Waals surface area contributed by atoms with Crippen molar-refractivity contribution in [3.05, 3.63) is 52.2 Å². The fraction of sp³-hybridized carbons (Fsp3) is 0.222. The molecular formula is C18H15BrN2O4S. The van der Waals surface area contributed by atoms with E-state index in [0.29, 0.717) is 17.9 Å². The van der Waals surface area contributed by atoms with Crippen LogP contribution in [0, 0.1) is 11.3 Å². The number of benzene rings is 1. The summed E-state index contributed by atoms with van der Waals surface area (Å²) < 4.78 is 29.6. The van der Waals surface area contributed by atoms with Crippen molar-refractivity contribution in [3.8, 4) is 17.4 Å². The van der Waals surface area contributed by atoms with Crippen LogP contribution >= 0.6 is 15.9 Å². The highest BCUT2D eigenvalue weighted by atomic mass is 79.9. The second kappa shape index (κ2) is 7.48. The van der Waals surface area contributed by atoms with E-state index in [0.717, 1.165) is 10.0 Å². The summed E-state index contributed by atoms with van der Waals surface area (Å²) in [5.74, 6) is 0.345. The van der Waals surface area contributed by atoms with Crippen LogP contribution in [-0.2, 0) is 14.6 Å². The maximum absolute atomic E-state index is 12.2. The van der Waals surface area contributed by atoms with E-state index in [1.54, 1.807) is 12.1 Å². The van der Waals surface area contributed by atoms with E-state index in [4.69, 9.17) is 4.42 Å². The normalized spacial score (nSPS) is 19.1. The Bertz CT molecular complexity index is 1000. The standard InChI is InChI=1S/C18H15BrN2O4S/c19-14-3-1-12(2-4-14)17-6-5-16(25-17)9-13(10-20)18(22)21-15-7-8-26(23,24)11-15/h1-6,9,15H,7-8,11H2,(H,21,22)/b13-9+/t15-/m0/s1. The largest absolute Gasteiger partial charge is 0.457 e. The van der Waals surface area contributed by atoms with E-state index in [1.807, 2.05) is 30.3 Å². The molecule has 1 aromatic carbocycles. The van der Waals surface area contributed by atoms with Crippen LogP contribution < -0.4 is 5.32 Å². The number of nitrogens with zero attached hydrogens (tertiary/aromatic N) is 1. The predicted octanol–water partition coefficient (Wildman–Crippen LogP) is 2.92. The molecule has 2 aromatic rings. The topological polar surface area (TPSA) is 100 Å². The molecule has 1 fully saturated rings. The monoisotopic (exact) mass is 434 g/mol. The molecule has 3 rings (SSSR count). The van der Waals surface area contributed by atoms with Gasteiger partial charge >= 0.3 is 0 Å². The molecular weight excluding hydrogens is 420 g/mol. The molecule has 8 heteroatoms. The van der Waals surface area contributed by atoms with Crippen molar-refractivity contribution in [2.24, 2.45) is 0 Å². The molecule has 6 nitrogen and oxygen atoms in total. The summed E-state index contributed by atoms with van der Waals surface area (Å²) in [6, 6.07) is 12.3. The third-order valence-electron chi connectivity index (χ3n) is 3.97. The van der Waals surface area contributed by atoms with Crippen LogP contribution in [0.25, 0.3) is 17.4 Å². The number of halogens is 1. The quantitative estimate of drug-likeness (QED) is 0.588. The van der Waals surface area contributed by atoms with Gasteiger partial charge in [-0.05, 0) is 30.7 Å². The molecule has 1 saturated heterocycles. The van der Waals surface area contributed by atoms with Crippen molar-refractivity contribution in [1.29, 1.82) is 5.26 Å². The average molecular weight is 435 g/mol. The first-order valence-electron chi connectivity index (χ1n) is 7.85. The van der Waals surface area contributed by atoms with E-state index < -0.39 is 21.8 Å². The third-order valence-corrected chi connectivity index (χ3v) is 6.27. The molecule has 2 heterocycles. The molecule has 1 aromatic heterocycles. The highest BCUT2D eigenvalue weighted by Crippen LogP contribution is 2.25. The molecule has 0 radical (unpaired) electrons. The number of nitriles is 1. The summed E-state index contributed by atoms with van der Waals surface area (Å²) >= 11 is 3.37. The van der Waals surface area contributed by atoms with Gasteiger partial charge in [-0.25, -0.2) is 8.42 Å². The minimum Gasteiger partial charge on any atom is -0.457 e. The summed E-state index contributed by atoms with van der Waals surface area (Å²) in [6.45, 7) is 0. The van der Waals surface area contributed by atoms with Gasteiger partial charge in [-0.2, -0.15) is 5.26 Å². The molecule has 1 atom stereocenters. The maximum Gasteiger partial charge on any atom is 0.262 e. The zero-order valence-corrected chi connectivity index (χ0v) is 16.0. The van der Waals surface area contributed by atoms with Crippen molar-refractivity contribution in [2.45, 2.75) is 12.5 Å². The average Bonchev–Trinajstić information content (AvgIpc) is 3.19. The van der Waals surface area contributed by atoms with Crippen LogP contribution in [0.4, 0.5) is 0 Å². The Hall–Kier alpha value is -2.37. The summed E-state index contributed by atoms with van der Waals surface area (Å²) in [4.78, 5) is 12.2. The Morgan fingerprint density at radius 2 is 2.00 bits per heavy atom. The van der Waals surface area contributed by atoms with Crippen LogP contribution in [0.3, 0.4) is 0 Å². The van der Waals surface area contributed by atoms with Crippen molar-refractivity contribution in [3.63, 3.8) is 0 Å². The highest BCUT2D eigenvalue weighted by Gasteiger charge is 2.29. The minimum atomic E-state index is -3.10. The molecule has 26 heavy (non-hydrogen) atoms. The molecule has 1 aliphatic rings. The number of hydrogen-bond donors (Lipinski definition) is 1. The second-order valence-corrected chi connectivity index (χ2v) is 9.10. The van der Waals surface area contributed by atoms with Gasteiger partial charge in [0, 0.05) is 22.2 Å². The molecule has 0 bridgehead atoms. The Kier molecular flexibility index (Phi) is 5.30. The van der Waals surface area contributed by atoms with Gasteiger partial charge in [0.05, 0.1) is 11.5 Å². The lowest BCUT2D eigenvalue weighted by molar-refractivity contribution is -0.117. The Morgan fingerprint density at radius 3 is 2.62 bits per heavy atom. The lowest BCUT2D eigenvalue weighted by Crippen LogP contribution is -2.36. The zero-order valence-electron chi connectivity index (χ0n) is 13.6. The summed E-state index contributed by atoms with van der Waals surface area (Å²) in [5, 5.41) is 11.8. The second-order valence-electron chi connectivity index (χ2n) is 5.95. The van der Waals surface area contributed by atoms with Crippen LogP contribution in [0.5, 0.6) is 0 Å². The van der Waals surface area contributed by atoms with Crippen LogP contribution in [0.15, 0.2) is 50.9 Å². The number of rotatable bonds is 4. The molecule has 134 valence electrons. The molecule has 0 saturated carbocycles. The van der Waals surface area contributed by atoms with E-state index >= 15 is 0 Å². The van der Waals surface area contributed by atoms with Gasteiger partial charge in [-0.3, -0.25) is 4.79 Å². The number of nitrogens with one attached hydrogen (secondary N) is 1. The van der Waals surface area contributed by atoms with Gasteiger partial charge in [0.15, 0.2) is 9.84 Å². The lowest BCUT2D eigenvalue weighted by atomic mass is 10.2. The van der Waals surface area contributed by atoms with Crippen molar-refractivity contribution >= 4 is 37.8 Å². The number of carbonyl (C=O) groups is 1. The summed E-state index contributed by atoms with van der Waals surface area (Å²) in [5.41, 5.74) is 0.734. The predicted molar refractivity (Wildman–Crippen MR) is 101 cm³/mol. The van der Waals surface area contributed by atoms with Gasteiger partial charge in [-0.15, -0.1) is 0 Å². The van der Waals surface area contributed by atoms with E-state index in [2.05, 4.69) is 21.2 Å². The highest BCUT2D eigenvalue weighted by molar-refractivity contribution is 9.10. The zero-order chi connectivity index (χ0) is 18.7. The van der Waals surface area contributed by atoms with Gasteiger partial charge in [-0.1, -0.05) is 28.1 Å². The number of hydrogen-bond acceptors (Lipinski definition) is 5. The first-order valence-corrected chi connectivity index (χ1v) is 10.5. The van der Waals surface area contributed by atoms with Gasteiger partial charge in [0.2, 0.25) is 0 Å². The van der Waals surface area contributed by atoms with Gasteiger partial charge < -0.3 is 9.73 Å². The smallest absolute Gasteiger partial charge is 0.262 e. The van der Waals surface area contributed by atoms with E-state index in [9.17, 15) is 18.5 Å². The Morgan fingerprint density at radius 1 is 1.27 bits per heavy atom. The lowest BCUT2D eigenvalue weighted by Gasteiger charge is -2.09. The molecule has 1 aliphatic heterocycles. The summed E-state index contributed by atoms with van der Waals surface area (Å²) in [6.07, 6.45) is 1.71. The Balaban J connectivity index is 1.74. The molecule has 0 spiro atoms. The van der Waals surface area contributed by atoms with Crippen LogP contribution in [-0.4, -0.2) is 31.9 Å². The fourth-order valence-electron chi connectivity index (χ4n) is 2.66. The number of carbonyl (C=O) groups excluding carboxylic acids is 1. The number of amides is 1. The number of sulfone groups is 1. The summed E-state index contributed by atoms with van der Waals surface area (Å²) in [7, 11) is -3.10. The van der Waals surface area contributed by atoms with Crippen LogP contribution in [0.1, 0.15) is 12.2 Å². The third kappa shape index (κ3) is 4.42. The van der Waals surface area contributed by atoms with Gasteiger partial charge in [0.1, 0.15) is 23.2 Å². The van der Waals surface area contributed by atoms with Gasteiger partial charge in [0.25, 0.3) is 5.91 Å². The maximum atomic E-state index is 12.2. The van der Waals surface area contributed by atoms with E-state index in [1.165, 1.54) is 6.08 Å². The van der Waals surface area contributed by atoms with Crippen molar-refractivity contribution < 1.29 is 17.6 Å². The molecule has 0 unspecified atom stereocenters. The number of furan rings is 1.